The zero-order valence-electron chi connectivity index (χ0n) is 13.5. The Morgan fingerprint density at radius 1 is 1.26 bits per heavy atom. The fourth-order valence-corrected chi connectivity index (χ4v) is 2.76. The Balaban J connectivity index is 1.47. The van der Waals surface area contributed by atoms with Crippen LogP contribution in [0.1, 0.15) is 0 Å². The molecule has 23 heavy (non-hydrogen) atoms. The molecular weight excluding hydrogens is 296 g/mol. The maximum atomic E-state index is 5.65. The van der Waals surface area contributed by atoms with E-state index in [0.29, 0.717) is 26.4 Å². The second kappa shape index (κ2) is 8.07. The molecule has 1 unspecified atom stereocenters. The number of nitrogens with zero attached hydrogens (tertiary/aromatic N) is 5. The molecule has 8 nitrogen and oxygen atoms in total. The molecule has 0 spiro atoms. The molecule has 0 bridgehead atoms. The molecule has 1 aromatic heterocycles. The van der Waals surface area contributed by atoms with Gasteiger partial charge in [-0.05, 0) is 6.07 Å². The number of ether oxygens (including phenoxy) is 2. The van der Waals surface area contributed by atoms with Gasteiger partial charge in [0.05, 0.1) is 25.9 Å². The van der Waals surface area contributed by atoms with Gasteiger partial charge in [-0.3, -0.25) is 4.99 Å². The fourth-order valence-electron chi connectivity index (χ4n) is 2.76. The van der Waals surface area contributed by atoms with E-state index in [2.05, 4.69) is 30.1 Å². The summed E-state index contributed by atoms with van der Waals surface area (Å²) in [6.07, 6.45) is 3.66. The van der Waals surface area contributed by atoms with Crippen molar-refractivity contribution in [2.75, 3.05) is 64.5 Å². The van der Waals surface area contributed by atoms with Crippen LogP contribution in [0.25, 0.3) is 0 Å². The molecule has 126 valence electrons. The minimum atomic E-state index is 0.0968. The highest BCUT2D eigenvalue weighted by Gasteiger charge is 2.22. The first-order valence-electron chi connectivity index (χ1n) is 8.04. The molecule has 3 rings (SSSR count). The van der Waals surface area contributed by atoms with Crippen molar-refractivity contribution in [1.29, 1.82) is 0 Å². The van der Waals surface area contributed by atoms with Crippen LogP contribution >= 0.6 is 0 Å². The first-order chi connectivity index (χ1) is 11.4. The molecule has 0 radical (unpaired) electrons. The summed E-state index contributed by atoms with van der Waals surface area (Å²) in [7, 11) is 1.81. The lowest BCUT2D eigenvalue weighted by Gasteiger charge is -2.36. The van der Waals surface area contributed by atoms with Gasteiger partial charge in [0.2, 0.25) is 5.95 Å². The molecule has 1 N–H and O–H groups in total. The zero-order valence-corrected chi connectivity index (χ0v) is 13.5. The van der Waals surface area contributed by atoms with Crippen molar-refractivity contribution in [3.05, 3.63) is 18.5 Å². The number of aromatic nitrogens is 2. The summed E-state index contributed by atoms with van der Waals surface area (Å²) in [6, 6.07) is 1.84. The maximum absolute atomic E-state index is 5.65. The number of aliphatic imine (C=N–C) groups is 1. The minimum absolute atomic E-state index is 0.0968. The number of guanidine groups is 1. The highest BCUT2D eigenvalue weighted by molar-refractivity contribution is 5.80. The zero-order chi connectivity index (χ0) is 15.9. The topological polar surface area (TPSA) is 75.1 Å². The number of hydrogen-bond acceptors (Lipinski definition) is 6. The molecule has 0 saturated carbocycles. The standard InChI is InChI=1S/C15H24N6O2/c1-16-14(19-11-13-12-22-9-10-23-13)20-5-7-21(8-6-20)15-17-3-2-4-18-15/h2-4,13H,5-12H2,1H3,(H,16,19). The van der Waals surface area contributed by atoms with Gasteiger partial charge in [-0.15, -0.1) is 0 Å². The molecule has 3 heterocycles. The summed E-state index contributed by atoms with van der Waals surface area (Å²) in [5.41, 5.74) is 0. The normalized spacial score (nSPS) is 23.0. The van der Waals surface area contributed by atoms with Crippen LogP contribution in [0.4, 0.5) is 5.95 Å². The Morgan fingerprint density at radius 3 is 2.70 bits per heavy atom. The SMILES string of the molecule is CN=C(NCC1COCCO1)N1CCN(c2ncccn2)CC1. The van der Waals surface area contributed by atoms with Gasteiger partial charge in [-0.1, -0.05) is 0 Å². The number of hydrogen-bond donors (Lipinski definition) is 1. The predicted octanol–water partition coefficient (Wildman–Crippen LogP) is -0.411. The summed E-state index contributed by atoms with van der Waals surface area (Å²) in [6.45, 7) is 6.26. The Labute approximate surface area is 136 Å². The van der Waals surface area contributed by atoms with E-state index in [0.717, 1.165) is 38.1 Å². The van der Waals surface area contributed by atoms with Gasteiger partial charge < -0.3 is 24.6 Å². The number of nitrogens with one attached hydrogen (secondary N) is 1. The maximum Gasteiger partial charge on any atom is 0.225 e. The van der Waals surface area contributed by atoms with Crippen molar-refractivity contribution < 1.29 is 9.47 Å². The van der Waals surface area contributed by atoms with Crippen molar-refractivity contribution in [3.63, 3.8) is 0 Å². The molecule has 0 amide bonds. The first-order valence-corrected chi connectivity index (χ1v) is 8.04. The smallest absolute Gasteiger partial charge is 0.225 e. The van der Waals surface area contributed by atoms with Crippen LogP contribution in [0.5, 0.6) is 0 Å². The van der Waals surface area contributed by atoms with Gasteiger partial charge in [-0.25, -0.2) is 9.97 Å². The van der Waals surface area contributed by atoms with Crippen LogP contribution in [0, 0.1) is 0 Å². The fraction of sp³-hybridized carbons (Fsp3) is 0.667. The van der Waals surface area contributed by atoms with E-state index in [-0.39, 0.29) is 6.10 Å². The average molecular weight is 320 g/mol. The molecule has 2 saturated heterocycles. The van der Waals surface area contributed by atoms with E-state index in [9.17, 15) is 0 Å². The average Bonchev–Trinajstić information content (AvgIpc) is 2.64. The third-order valence-electron chi connectivity index (χ3n) is 4.00. The van der Waals surface area contributed by atoms with E-state index < -0.39 is 0 Å². The largest absolute Gasteiger partial charge is 0.376 e. The highest BCUT2D eigenvalue weighted by atomic mass is 16.6. The van der Waals surface area contributed by atoms with Crippen LogP contribution in [0.15, 0.2) is 23.5 Å². The van der Waals surface area contributed by atoms with Crippen LogP contribution in [0.3, 0.4) is 0 Å². The Morgan fingerprint density at radius 2 is 2.04 bits per heavy atom. The van der Waals surface area contributed by atoms with Gasteiger partial charge in [-0.2, -0.15) is 0 Å². The monoisotopic (exact) mass is 320 g/mol. The molecule has 1 atom stereocenters. The lowest BCUT2D eigenvalue weighted by molar-refractivity contribution is -0.0851. The molecular formula is C15H24N6O2. The number of rotatable bonds is 3. The number of piperazine rings is 1. The van der Waals surface area contributed by atoms with Crippen molar-refractivity contribution in [2.45, 2.75) is 6.10 Å². The third kappa shape index (κ3) is 4.29. The van der Waals surface area contributed by atoms with E-state index >= 15 is 0 Å². The lowest BCUT2D eigenvalue weighted by atomic mass is 10.3. The van der Waals surface area contributed by atoms with E-state index in [4.69, 9.17) is 9.47 Å². The summed E-state index contributed by atoms with van der Waals surface area (Å²) in [5, 5.41) is 3.38. The quantitative estimate of drug-likeness (QED) is 0.599. The summed E-state index contributed by atoms with van der Waals surface area (Å²) in [5.74, 6) is 1.70. The van der Waals surface area contributed by atoms with Gasteiger partial charge >= 0.3 is 0 Å². The van der Waals surface area contributed by atoms with E-state index in [1.807, 2.05) is 13.1 Å². The van der Waals surface area contributed by atoms with Crippen molar-refractivity contribution >= 4 is 11.9 Å². The summed E-state index contributed by atoms with van der Waals surface area (Å²) < 4.78 is 11.1. The molecule has 2 aliphatic heterocycles. The molecule has 2 fully saturated rings. The highest BCUT2D eigenvalue weighted by Crippen LogP contribution is 2.10. The minimum Gasteiger partial charge on any atom is -0.376 e. The molecule has 2 aliphatic rings. The molecule has 0 aliphatic carbocycles. The van der Waals surface area contributed by atoms with Crippen LogP contribution in [-0.4, -0.2) is 86.5 Å². The summed E-state index contributed by atoms with van der Waals surface area (Å²) >= 11 is 0. The Bertz CT molecular complexity index is 498. The van der Waals surface area contributed by atoms with E-state index in [1.165, 1.54) is 0 Å². The van der Waals surface area contributed by atoms with Crippen molar-refractivity contribution in [1.82, 2.24) is 20.2 Å². The van der Waals surface area contributed by atoms with Gasteiger partial charge in [0.15, 0.2) is 5.96 Å². The van der Waals surface area contributed by atoms with Crippen molar-refractivity contribution in [3.8, 4) is 0 Å². The van der Waals surface area contributed by atoms with Crippen LogP contribution in [0.2, 0.25) is 0 Å². The van der Waals surface area contributed by atoms with Gasteiger partial charge in [0, 0.05) is 52.2 Å². The number of anilines is 1. The second-order valence-electron chi connectivity index (χ2n) is 5.52. The Hall–Kier alpha value is -1.93. The van der Waals surface area contributed by atoms with Crippen LogP contribution in [-0.2, 0) is 9.47 Å². The van der Waals surface area contributed by atoms with E-state index in [1.54, 1.807) is 12.4 Å². The first kappa shape index (κ1) is 15.9. The van der Waals surface area contributed by atoms with Gasteiger partial charge in [0.25, 0.3) is 0 Å². The molecule has 0 aromatic carbocycles. The lowest BCUT2D eigenvalue weighted by Crippen LogP contribution is -2.54. The summed E-state index contributed by atoms with van der Waals surface area (Å²) in [4.78, 5) is 17.4. The predicted molar refractivity (Wildman–Crippen MR) is 87.7 cm³/mol. The second-order valence-corrected chi connectivity index (χ2v) is 5.52. The molecule has 1 aromatic rings. The third-order valence-corrected chi connectivity index (χ3v) is 4.00. The van der Waals surface area contributed by atoms with Crippen LogP contribution < -0.4 is 10.2 Å². The van der Waals surface area contributed by atoms with Crippen molar-refractivity contribution in [2.24, 2.45) is 4.99 Å². The molecule has 8 heteroatoms. The van der Waals surface area contributed by atoms with Gasteiger partial charge in [0.1, 0.15) is 0 Å². The Kier molecular flexibility index (Phi) is 5.60.